The highest BCUT2D eigenvalue weighted by atomic mass is 35.5. The fourth-order valence-corrected chi connectivity index (χ4v) is 1.57. The molecule has 0 amide bonds. The minimum absolute atomic E-state index is 0.231. The summed E-state index contributed by atoms with van der Waals surface area (Å²) in [5, 5.41) is 0.719. The lowest BCUT2D eigenvalue weighted by molar-refractivity contribution is 0.466. The maximum absolute atomic E-state index is 5.72. The Morgan fingerprint density at radius 2 is 2.07 bits per heavy atom. The van der Waals surface area contributed by atoms with E-state index in [-0.39, 0.29) is 11.0 Å². The van der Waals surface area contributed by atoms with Crippen LogP contribution in [0.4, 0.5) is 0 Å². The molecule has 0 fully saturated rings. The zero-order valence-electron chi connectivity index (χ0n) is 6.65. The van der Waals surface area contributed by atoms with Crippen molar-refractivity contribution < 1.29 is 4.74 Å². The SMILES string of the molecule is Clc1cncc(Oc2nsnc2Cl)c1. The van der Waals surface area contributed by atoms with Crippen LogP contribution in [-0.2, 0) is 0 Å². The van der Waals surface area contributed by atoms with Gasteiger partial charge in [0.1, 0.15) is 5.75 Å². The smallest absolute Gasteiger partial charge is 0.270 e. The Labute approximate surface area is 93.8 Å². The van der Waals surface area contributed by atoms with Crippen LogP contribution in [0, 0.1) is 0 Å². The van der Waals surface area contributed by atoms with Gasteiger partial charge in [0.25, 0.3) is 5.88 Å². The molecule has 0 aromatic carbocycles. The zero-order chi connectivity index (χ0) is 9.97. The second-order valence-electron chi connectivity index (χ2n) is 2.30. The minimum Gasteiger partial charge on any atom is -0.434 e. The molecular formula is C7H3Cl2N3OS. The molecule has 0 bridgehead atoms. The summed E-state index contributed by atoms with van der Waals surface area (Å²) >= 11 is 12.4. The van der Waals surface area contributed by atoms with E-state index in [0.29, 0.717) is 10.8 Å². The van der Waals surface area contributed by atoms with Gasteiger partial charge in [-0.25, -0.2) is 0 Å². The number of rotatable bonds is 2. The van der Waals surface area contributed by atoms with Gasteiger partial charge in [0.05, 0.1) is 22.9 Å². The summed E-state index contributed by atoms with van der Waals surface area (Å²) < 4.78 is 12.9. The fraction of sp³-hybridized carbons (Fsp3) is 0. The molecule has 2 heterocycles. The summed E-state index contributed by atoms with van der Waals surface area (Å²) in [6.07, 6.45) is 3.02. The highest BCUT2D eigenvalue weighted by Gasteiger charge is 2.07. The normalized spacial score (nSPS) is 10.1. The highest BCUT2D eigenvalue weighted by Crippen LogP contribution is 2.27. The minimum atomic E-state index is 0.231. The monoisotopic (exact) mass is 247 g/mol. The first-order valence-electron chi connectivity index (χ1n) is 3.52. The fourth-order valence-electron chi connectivity index (χ4n) is 0.791. The van der Waals surface area contributed by atoms with Crippen molar-refractivity contribution in [3.63, 3.8) is 0 Å². The van der Waals surface area contributed by atoms with E-state index in [2.05, 4.69) is 13.7 Å². The third kappa shape index (κ3) is 2.12. The Kier molecular flexibility index (Phi) is 2.81. The predicted molar refractivity (Wildman–Crippen MR) is 54.2 cm³/mol. The number of hydrogen-bond donors (Lipinski definition) is 0. The Hall–Kier alpha value is -0.910. The quantitative estimate of drug-likeness (QED) is 0.819. The molecule has 0 atom stereocenters. The second kappa shape index (κ2) is 4.08. The lowest BCUT2D eigenvalue weighted by Gasteiger charge is -2.00. The summed E-state index contributed by atoms with van der Waals surface area (Å²) in [5.41, 5.74) is 0. The van der Waals surface area contributed by atoms with E-state index in [4.69, 9.17) is 27.9 Å². The van der Waals surface area contributed by atoms with Crippen molar-refractivity contribution in [1.29, 1.82) is 0 Å². The third-order valence-corrected chi connectivity index (χ3v) is 2.38. The number of ether oxygens (including phenoxy) is 1. The summed E-state index contributed by atoms with van der Waals surface area (Å²) in [5.74, 6) is 0.743. The van der Waals surface area contributed by atoms with Crippen LogP contribution in [0.5, 0.6) is 11.6 Å². The lowest BCUT2D eigenvalue weighted by Crippen LogP contribution is -1.85. The molecule has 0 N–H and O–H groups in total. The van der Waals surface area contributed by atoms with Crippen molar-refractivity contribution in [2.45, 2.75) is 0 Å². The Bertz CT molecular complexity index is 448. The van der Waals surface area contributed by atoms with Crippen molar-refractivity contribution in [3.05, 3.63) is 28.6 Å². The first kappa shape index (κ1) is 9.64. The third-order valence-electron chi connectivity index (χ3n) is 1.32. The van der Waals surface area contributed by atoms with Gasteiger partial charge in [0, 0.05) is 12.3 Å². The average Bonchev–Trinajstić information content (AvgIpc) is 2.52. The van der Waals surface area contributed by atoms with Gasteiger partial charge in [-0.05, 0) is 0 Å². The molecule has 2 aromatic heterocycles. The van der Waals surface area contributed by atoms with E-state index in [1.54, 1.807) is 6.07 Å². The van der Waals surface area contributed by atoms with Crippen molar-refractivity contribution >= 4 is 34.9 Å². The van der Waals surface area contributed by atoms with Crippen LogP contribution in [-0.4, -0.2) is 13.7 Å². The Morgan fingerprint density at radius 3 is 2.71 bits per heavy atom. The Balaban J connectivity index is 2.23. The maximum atomic E-state index is 5.72. The van der Waals surface area contributed by atoms with Crippen LogP contribution < -0.4 is 4.74 Å². The summed E-state index contributed by atoms with van der Waals surface area (Å²) in [7, 11) is 0. The first-order chi connectivity index (χ1) is 6.75. The zero-order valence-corrected chi connectivity index (χ0v) is 8.97. The van der Waals surface area contributed by atoms with Gasteiger partial charge < -0.3 is 4.74 Å². The molecule has 0 saturated carbocycles. The lowest BCUT2D eigenvalue weighted by atomic mass is 10.5. The molecule has 7 heteroatoms. The topological polar surface area (TPSA) is 47.9 Å². The standard InChI is InChI=1S/C7H3Cl2N3OS/c8-4-1-5(3-10-2-4)13-7-6(9)11-14-12-7/h1-3H. The van der Waals surface area contributed by atoms with E-state index in [1.807, 2.05) is 0 Å². The highest BCUT2D eigenvalue weighted by molar-refractivity contribution is 6.99. The van der Waals surface area contributed by atoms with Gasteiger partial charge in [0.15, 0.2) is 0 Å². The number of halogens is 2. The molecule has 0 spiro atoms. The van der Waals surface area contributed by atoms with Gasteiger partial charge in [0.2, 0.25) is 5.15 Å². The van der Waals surface area contributed by atoms with Gasteiger partial charge in [-0.1, -0.05) is 23.2 Å². The summed E-state index contributed by atoms with van der Waals surface area (Å²) in [4.78, 5) is 3.85. The summed E-state index contributed by atoms with van der Waals surface area (Å²) in [6.45, 7) is 0. The average molecular weight is 248 g/mol. The molecule has 14 heavy (non-hydrogen) atoms. The van der Waals surface area contributed by atoms with Crippen LogP contribution in [0.1, 0.15) is 0 Å². The summed E-state index contributed by atoms with van der Waals surface area (Å²) in [6, 6.07) is 1.62. The number of pyridine rings is 1. The van der Waals surface area contributed by atoms with Crippen LogP contribution in [0.25, 0.3) is 0 Å². The molecular weight excluding hydrogens is 245 g/mol. The number of nitrogens with zero attached hydrogens (tertiary/aromatic N) is 3. The molecule has 72 valence electrons. The number of aromatic nitrogens is 3. The van der Waals surface area contributed by atoms with Crippen LogP contribution in [0.2, 0.25) is 10.2 Å². The molecule has 0 radical (unpaired) electrons. The Morgan fingerprint density at radius 1 is 1.21 bits per heavy atom. The van der Waals surface area contributed by atoms with Gasteiger partial charge in [-0.2, -0.15) is 4.37 Å². The van der Waals surface area contributed by atoms with E-state index >= 15 is 0 Å². The van der Waals surface area contributed by atoms with Crippen LogP contribution in [0.15, 0.2) is 18.5 Å². The first-order valence-corrected chi connectivity index (χ1v) is 5.01. The molecule has 4 nitrogen and oxygen atoms in total. The molecule has 0 saturated heterocycles. The van der Waals surface area contributed by atoms with Crippen molar-refractivity contribution in [3.8, 4) is 11.6 Å². The predicted octanol–water partition coefficient (Wildman–Crippen LogP) is 3.03. The van der Waals surface area contributed by atoms with Crippen molar-refractivity contribution in [2.24, 2.45) is 0 Å². The number of hydrogen-bond acceptors (Lipinski definition) is 5. The molecule has 0 aliphatic rings. The van der Waals surface area contributed by atoms with E-state index < -0.39 is 0 Å². The van der Waals surface area contributed by atoms with Crippen molar-refractivity contribution in [1.82, 2.24) is 13.7 Å². The van der Waals surface area contributed by atoms with E-state index in [9.17, 15) is 0 Å². The van der Waals surface area contributed by atoms with Crippen LogP contribution >= 0.6 is 34.9 Å². The van der Waals surface area contributed by atoms with Crippen molar-refractivity contribution in [2.75, 3.05) is 0 Å². The van der Waals surface area contributed by atoms with Crippen LogP contribution in [0.3, 0.4) is 0 Å². The largest absolute Gasteiger partial charge is 0.434 e. The van der Waals surface area contributed by atoms with Gasteiger partial charge >= 0.3 is 0 Å². The van der Waals surface area contributed by atoms with E-state index in [1.165, 1.54) is 12.4 Å². The molecule has 0 aliphatic heterocycles. The molecule has 2 rings (SSSR count). The maximum Gasteiger partial charge on any atom is 0.270 e. The second-order valence-corrected chi connectivity index (χ2v) is 3.62. The molecule has 0 unspecified atom stereocenters. The molecule has 0 aliphatic carbocycles. The molecule has 2 aromatic rings. The van der Waals surface area contributed by atoms with Gasteiger partial charge in [-0.15, -0.1) is 4.37 Å². The van der Waals surface area contributed by atoms with Gasteiger partial charge in [-0.3, -0.25) is 4.98 Å². The van der Waals surface area contributed by atoms with E-state index in [0.717, 1.165) is 11.7 Å².